The summed E-state index contributed by atoms with van der Waals surface area (Å²) in [5.74, 6) is 0. The molecule has 1 N–H and O–H groups in total. The first kappa shape index (κ1) is 17.0. The summed E-state index contributed by atoms with van der Waals surface area (Å²) in [4.78, 5) is 2.46. The average Bonchev–Trinajstić information content (AvgIpc) is 2.97. The molecule has 3 aromatic rings. The Morgan fingerprint density at radius 1 is 1.04 bits per heavy atom. The predicted molar refractivity (Wildman–Crippen MR) is 103 cm³/mol. The summed E-state index contributed by atoms with van der Waals surface area (Å²) in [5.41, 5.74) is 5.44. The predicted octanol–water partition coefficient (Wildman–Crippen LogP) is 3.68. The van der Waals surface area contributed by atoms with Crippen LogP contribution in [0.1, 0.15) is 40.6 Å². The van der Waals surface area contributed by atoms with Crippen LogP contribution in [0.5, 0.6) is 0 Å². The molecule has 1 aliphatic heterocycles. The standard InChI is InChI=1S/C22H25N3O/c1-17-8-10-18(11-9-17)15-24-12-5-13-25-20(16-24)14-21(23-25)22(26)19-6-3-2-4-7-19/h2-4,6-11,14,22,26H,5,12-13,15-16H2,1H3. The molecule has 26 heavy (non-hydrogen) atoms. The van der Waals surface area contributed by atoms with Crippen molar-refractivity contribution < 1.29 is 5.11 Å². The molecule has 134 valence electrons. The van der Waals surface area contributed by atoms with Crippen LogP contribution in [0.2, 0.25) is 0 Å². The molecule has 1 atom stereocenters. The normalized spacial score (nSPS) is 16.1. The fourth-order valence-corrected chi connectivity index (χ4v) is 3.58. The van der Waals surface area contributed by atoms with E-state index in [-0.39, 0.29) is 0 Å². The maximum absolute atomic E-state index is 10.6. The Bertz CT molecular complexity index is 855. The molecule has 0 amide bonds. The van der Waals surface area contributed by atoms with Gasteiger partial charge in [0.2, 0.25) is 0 Å². The first-order valence-corrected chi connectivity index (χ1v) is 9.26. The number of hydrogen-bond acceptors (Lipinski definition) is 3. The molecule has 0 radical (unpaired) electrons. The maximum Gasteiger partial charge on any atom is 0.123 e. The van der Waals surface area contributed by atoms with Crippen LogP contribution >= 0.6 is 0 Å². The summed E-state index contributed by atoms with van der Waals surface area (Å²) in [6.07, 6.45) is 0.405. The molecule has 0 spiro atoms. The highest BCUT2D eigenvalue weighted by Crippen LogP contribution is 2.24. The third kappa shape index (κ3) is 3.71. The summed E-state index contributed by atoms with van der Waals surface area (Å²) in [5, 5.41) is 15.3. The van der Waals surface area contributed by atoms with Crippen molar-refractivity contribution in [3.8, 4) is 0 Å². The Morgan fingerprint density at radius 2 is 1.81 bits per heavy atom. The van der Waals surface area contributed by atoms with Crippen molar-refractivity contribution in [1.29, 1.82) is 0 Å². The molecule has 4 rings (SSSR count). The number of aliphatic hydroxyl groups excluding tert-OH is 1. The molecule has 1 aromatic heterocycles. The number of nitrogens with zero attached hydrogens (tertiary/aromatic N) is 3. The molecule has 2 aromatic carbocycles. The van der Waals surface area contributed by atoms with Gasteiger partial charge >= 0.3 is 0 Å². The number of benzene rings is 2. The van der Waals surface area contributed by atoms with Crippen molar-refractivity contribution in [2.45, 2.75) is 39.1 Å². The second kappa shape index (κ2) is 7.44. The fraction of sp³-hybridized carbons (Fsp3) is 0.318. The zero-order valence-corrected chi connectivity index (χ0v) is 15.2. The summed E-state index contributed by atoms with van der Waals surface area (Å²) >= 11 is 0. The van der Waals surface area contributed by atoms with Gasteiger partial charge in [-0.1, -0.05) is 60.2 Å². The molecule has 1 unspecified atom stereocenters. The van der Waals surface area contributed by atoms with Gasteiger partial charge in [-0.3, -0.25) is 9.58 Å². The highest BCUT2D eigenvalue weighted by molar-refractivity contribution is 5.27. The lowest BCUT2D eigenvalue weighted by atomic mass is 10.1. The van der Waals surface area contributed by atoms with Crippen molar-refractivity contribution in [2.24, 2.45) is 0 Å². The van der Waals surface area contributed by atoms with Crippen molar-refractivity contribution in [3.63, 3.8) is 0 Å². The largest absolute Gasteiger partial charge is 0.382 e. The van der Waals surface area contributed by atoms with E-state index in [1.807, 2.05) is 30.3 Å². The van der Waals surface area contributed by atoms with Crippen LogP contribution in [0.3, 0.4) is 0 Å². The Morgan fingerprint density at radius 3 is 2.58 bits per heavy atom. The van der Waals surface area contributed by atoms with Crippen molar-refractivity contribution in [3.05, 3.63) is 88.7 Å². The van der Waals surface area contributed by atoms with Gasteiger partial charge in [0.05, 0.1) is 11.4 Å². The number of aryl methyl sites for hydroxylation is 2. The highest BCUT2D eigenvalue weighted by atomic mass is 16.3. The van der Waals surface area contributed by atoms with Crippen LogP contribution in [0.15, 0.2) is 60.7 Å². The number of fused-ring (bicyclic) bond motifs is 1. The van der Waals surface area contributed by atoms with Gasteiger partial charge in [0.1, 0.15) is 6.10 Å². The van der Waals surface area contributed by atoms with Crippen LogP contribution in [0.4, 0.5) is 0 Å². The lowest BCUT2D eigenvalue weighted by Gasteiger charge is -2.19. The molecular weight excluding hydrogens is 322 g/mol. The van der Waals surface area contributed by atoms with Crippen molar-refractivity contribution >= 4 is 0 Å². The molecule has 0 bridgehead atoms. The summed E-state index contributed by atoms with van der Waals surface area (Å²) in [7, 11) is 0. The van der Waals surface area contributed by atoms with E-state index in [2.05, 4.69) is 51.9 Å². The minimum absolute atomic E-state index is 0.666. The van der Waals surface area contributed by atoms with E-state index < -0.39 is 6.10 Å². The molecule has 4 heteroatoms. The first-order valence-electron chi connectivity index (χ1n) is 9.26. The highest BCUT2D eigenvalue weighted by Gasteiger charge is 2.20. The van der Waals surface area contributed by atoms with E-state index in [4.69, 9.17) is 0 Å². The minimum atomic E-state index is -0.666. The van der Waals surface area contributed by atoms with Gasteiger partial charge in [0.15, 0.2) is 0 Å². The van der Waals surface area contributed by atoms with E-state index in [0.717, 1.165) is 43.9 Å². The number of aromatic nitrogens is 2. The zero-order valence-electron chi connectivity index (χ0n) is 15.2. The van der Waals surface area contributed by atoms with Gasteiger partial charge in [-0.25, -0.2) is 0 Å². The topological polar surface area (TPSA) is 41.3 Å². The molecule has 0 aliphatic carbocycles. The minimum Gasteiger partial charge on any atom is -0.382 e. The third-order valence-electron chi connectivity index (χ3n) is 5.03. The van der Waals surface area contributed by atoms with Crippen LogP contribution < -0.4 is 0 Å². The Labute approximate surface area is 154 Å². The molecule has 4 nitrogen and oxygen atoms in total. The van der Waals surface area contributed by atoms with Crippen LogP contribution in [-0.2, 0) is 19.6 Å². The fourth-order valence-electron chi connectivity index (χ4n) is 3.58. The SMILES string of the molecule is Cc1ccc(CN2CCCn3nc(C(O)c4ccccc4)cc3C2)cc1. The molecule has 0 fully saturated rings. The van der Waals surface area contributed by atoms with Crippen molar-refractivity contribution in [1.82, 2.24) is 14.7 Å². The Kier molecular flexibility index (Phi) is 4.87. The monoisotopic (exact) mass is 347 g/mol. The number of hydrogen-bond donors (Lipinski definition) is 1. The zero-order chi connectivity index (χ0) is 17.9. The number of rotatable bonds is 4. The third-order valence-corrected chi connectivity index (χ3v) is 5.03. The molecule has 2 heterocycles. The second-order valence-corrected chi connectivity index (χ2v) is 7.15. The quantitative estimate of drug-likeness (QED) is 0.783. The van der Waals surface area contributed by atoms with Gasteiger partial charge < -0.3 is 5.11 Å². The second-order valence-electron chi connectivity index (χ2n) is 7.15. The van der Waals surface area contributed by atoms with E-state index in [1.54, 1.807) is 0 Å². The van der Waals surface area contributed by atoms with Gasteiger partial charge in [0.25, 0.3) is 0 Å². The summed E-state index contributed by atoms with van der Waals surface area (Å²) < 4.78 is 2.07. The lowest BCUT2D eigenvalue weighted by Crippen LogP contribution is -2.22. The summed E-state index contributed by atoms with van der Waals surface area (Å²) in [6, 6.07) is 20.6. The molecular formula is C22H25N3O. The molecule has 0 saturated carbocycles. The van der Waals surface area contributed by atoms with E-state index in [0.29, 0.717) is 0 Å². The number of aliphatic hydroxyl groups is 1. The van der Waals surface area contributed by atoms with Crippen molar-refractivity contribution in [2.75, 3.05) is 6.54 Å². The Hall–Kier alpha value is -2.43. The maximum atomic E-state index is 10.6. The van der Waals surface area contributed by atoms with E-state index in [9.17, 15) is 5.11 Å². The first-order chi connectivity index (χ1) is 12.7. The van der Waals surface area contributed by atoms with Gasteiger partial charge in [-0.2, -0.15) is 5.10 Å². The van der Waals surface area contributed by atoms with E-state index in [1.165, 1.54) is 16.8 Å². The Balaban J connectivity index is 1.51. The van der Waals surface area contributed by atoms with Crippen LogP contribution in [-0.4, -0.2) is 26.3 Å². The molecule has 1 aliphatic rings. The van der Waals surface area contributed by atoms with Gasteiger partial charge in [-0.15, -0.1) is 0 Å². The van der Waals surface area contributed by atoms with Gasteiger partial charge in [0, 0.05) is 26.2 Å². The van der Waals surface area contributed by atoms with Crippen LogP contribution in [0.25, 0.3) is 0 Å². The molecule has 0 saturated heterocycles. The lowest BCUT2D eigenvalue weighted by molar-refractivity contribution is 0.213. The summed E-state index contributed by atoms with van der Waals surface area (Å²) in [6.45, 7) is 5.90. The van der Waals surface area contributed by atoms with Gasteiger partial charge in [-0.05, 0) is 30.5 Å². The average molecular weight is 347 g/mol. The van der Waals surface area contributed by atoms with E-state index >= 15 is 0 Å². The van der Waals surface area contributed by atoms with Crippen LogP contribution in [0, 0.1) is 6.92 Å². The smallest absolute Gasteiger partial charge is 0.123 e.